The molecule has 0 aliphatic carbocycles. The maximum atomic E-state index is 14.1. The Hall–Kier alpha value is -4.81. The molecule has 3 aromatic rings. The summed E-state index contributed by atoms with van der Waals surface area (Å²) >= 11 is 0. The second-order valence-electron chi connectivity index (χ2n) is 17.2. The summed E-state index contributed by atoms with van der Waals surface area (Å²) in [5.74, 6) is -1.09. The molecule has 12 heteroatoms. The first-order valence-electron chi connectivity index (χ1n) is 21.4. The maximum Gasteiger partial charge on any atom is 0.262 e. The smallest absolute Gasteiger partial charge is 0.262 e. The molecule has 2 saturated heterocycles. The molecule has 5 rings (SSSR count). The maximum absolute atomic E-state index is 14.1. The molecule has 0 saturated carbocycles. The third-order valence-electron chi connectivity index (χ3n) is 12.1. The molecule has 2 heterocycles. The van der Waals surface area contributed by atoms with Crippen molar-refractivity contribution in [3.05, 3.63) is 90.5 Å². The fourth-order valence-corrected chi connectivity index (χ4v) is 13.2. The van der Waals surface area contributed by atoms with Crippen LogP contribution in [-0.2, 0) is 34.8 Å². The van der Waals surface area contributed by atoms with E-state index in [2.05, 4.69) is 61.0 Å². The molecule has 2 aliphatic heterocycles. The number of carbonyl (C=O) groups excluding carboxylic acids is 5. The molecule has 4 amide bonds. The highest BCUT2D eigenvalue weighted by molar-refractivity contribution is 6.99. The number of fused-ring (bicyclic) bond motifs is 1. The summed E-state index contributed by atoms with van der Waals surface area (Å²) < 4.78 is 12.3. The van der Waals surface area contributed by atoms with Gasteiger partial charge in [-0.15, -0.1) is 0 Å². The van der Waals surface area contributed by atoms with Gasteiger partial charge in [-0.2, -0.15) is 0 Å². The quantitative estimate of drug-likeness (QED) is 0.133. The van der Waals surface area contributed by atoms with Crippen LogP contribution in [0.1, 0.15) is 98.5 Å². The Kier molecular flexibility index (Phi) is 15.7. The van der Waals surface area contributed by atoms with E-state index < -0.39 is 50.4 Å². The van der Waals surface area contributed by atoms with Gasteiger partial charge in [-0.3, -0.25) is 24.0 Å². The number of hydrogen-bond acceptors (Lipinski definition) is 7. The van der Waals surface area contributed by atoms with E-state index in [4.69, 9.17) is 9.16 Å². The molecule has 2 aliphatic rings. The Morgan fingerprint density at radius 2 is 1.39 bits per heavy atom. The Bertz CT molecular complexity index is 1850. The van der Waals surface area contributed by atoms with E-state index in [-0.39, 0.29) is 35.0 Å². The Morgan fingerprint density at radius 3 is 1.97 bits per heavy atom. The van der Waals surface area contributed by atoms with Gasteiger partial charge in [-0.1, -0.05) is 127 Å². The second-order valence-corrected chi connectivity index (χ2v) is 21.5. The summed E-state index contributed by atoms with van der Waals surface area (Å²) in [7, 11) is -1.34. The normalized spacial score (nSPS) is 21.6. The van der Waals surface area contributed by atoms with Crippen molar-refractivity contribution in [2.24, 2.45) is 5.92 Å². The summed E-state index contributed by atoms with van der Waals surface area (Å²) in [6.45, 7) is 12.7. The standard InChI is InChI=1S/C47H64N4O7Si/c1-8-32(2)42-46(56)51-30-18-24-40(51)45(55)48-38(43(53)49-39(44(54)50-42)31-34-26-28-35(57-7)29-27-34)23-16-11-17-25-41(52)33(3)58-59(47(4,5)6,36-19-12-9-13-20-36)37-21-14-10-15-22-37/h9-10,12-15,19-22,26-29,32-33,38-40,42H,8,11,16-18,23-25,30-31H2,1-7H3,(H,48,55)(H,49,53)(H,50,54)/t32-,33-,38-,39+,40+,42-/m0/s1. The molecule has 59 heavy (non-hydrogen) atoms. The molecular formula is C47H64N4O7Si. The van der Waals surface area contributed by atoms with Crippen molar-refractivity contribution < 1.29 is 33.1 Å². The van der Waals surface area contributed by atoms with Crippen LogP contribution in [0.25, 0.3) is 0 Å². The molecular weight excluding hydrogens is 761 g/mol. The number of carbonyl (C=O) groups is 5. The van der Waals surface area contributed by atoms with Gasteiger partial charge in [0.25, 0.3) is 8.32 Å². The highest BCUT2D eigenvalue weighted by Crippen LogP contribution is 2.37. The van der Waals surface area contributed by atoms with E-state index in [9.17, 15) is 24.0 Å². The molecule has 0 spiro atoms. The minimum absolute atomic E-state index is 0.0177. The van der Waals surface area contributed by atoms with Crippen molar-refractivity contribution in [1.82, 2.24) is 20.9 Å². The average Bonchev–Trinajstić information content (AvgIpc) is 3.74. The molecule has 318 valence electrons. The molecule has 11 nitrogen and oxygen atoms in total. The lowest BCUT2D eigenvalue weighted by Gasteiger charge is -2.44. The number of methoxy groups -OCH3 is 1. The van der Waals surface area contributed by atoms with Gasteiger partial charge in [0.05, 0.1) is 7.11 Å². The van der Waals surface area contributed by atoms with Gasteiger partial charge in [0, 0.05) is 19.4 Å². The van der Waals surface area contributed by atoms with Gasteiger partial charge in [-0.25, -0.2) is 0 Å². The molecule has 0 unspecified atom stereocenters. The van der Waals surface area contributed by atoms with Gasteiger partial charge < -0.3 is 30.0 Å². The first kappa shape index (κ1) is 45.3. The largest absolute Gasteiger partial charge is 0.497 e. The summed E-state index contributed by atoms with van der Waals surface area (Å²) in [5, 5.41) is 10.8. The number of amides is 4. The van der Waals surface area contributed by atoms with Crippen molar-refractivity contribution >= 4 is 48.1 Å². The number of ether oxygens (including phenoxy) is 1. The number of ketones is 1. The van der Waals surface area contributed by atoms with Crippen molar-refractivity contribution in [3.8, 4) is 5.75 Å². The number of nitrogens with zero attached hydrogens (tertiary/aromatic N) is 1. The predicted molar refractivity (Wildman–Crippen MR) is 233 cm³/mol. The van der Waals surface area contributed by atoms with E-state index in [0.29, 0.717) is 63.7 Å². The van der Waals surface area contributed by atoms with E-state index in [1.165, 1.54) is 0 Å². The lowest BCUT2D eigenvalue weighted by molar-refractivity contribution is -0.144. The van der Waals surface area contributed by atoms with E-state index in [0.717, 1.165) is 15.9 Å². The SMILES string of the molecule is CC[C@H](C)[C@@H]1NC(=O)[C@@H](Cc2ccc(OC)cc2)NC(=O)[C@H](CCCCCC(=O)[C@H](C)O[Si](c2ccccc2)(c2ccccc2)C(C)(C)C)NC(=O)[C@H]2CCCN2C1=O. The van der Waals surface area contributed by atoms with Gasteiger partial charge in [0.15, 0.2) is 5.78 Å². The van der Waals surface area contributed by atoms with Crippen LogP contribution in [0.2, 0.25) is 5.04 Å². The van der Waals surface area contributed by atoms with Crippen LogP contribution in [0.15, 0.2) is 84.9 Å². The lowest BCUT2D eigenvalue weighted by Crippen LogP contribution is -2.68. The molecule has 6 atom stereocenters. The zero-order valence-electron chi connectivity index (χ0n) is 35.9. The number of benzene rings is 3. The van der Waals surface area contributed by atoms with Crippen molar-refractivity contribution in [2.45, 2.75) is 135 Å². The number of Topliss-reactive ketones (excluding diaryl/α,β-unsaturated/α-hetero) is 1. The first-order valence-corrected chi connectivity index (χ1v) is 23.3. The van der Waals surface area contributed by atoms with Crippen molar-refractivity contribution in [1.29, 1.82) is 0 Å². The van der Waals surface area contributed by atoms with Gasteiger partial charge >= 0.3 is 0 Å². The molecule has 0 bridgehead atoms. The van der Waals surface area contributed by atoms with E-state index >= 15 is 0 Å². The Morgan fingerprint density at radius 1 is 0.797 bits per heavy atom. The Balaban J connectivity index is 1.29. The third-order valence-corrected chi connectivity index (χ3v) is 17.2. The minimum atomic E-state index is -2.92. The molecule has 0 aromatic heterocycles. The number of rotatable bonds is 16. The van der Waals surface area contributed by atoms with Crippen LogP contribution >= 0.6 is 0 Å². The summed E-state index contributed by atoms with van der Waals surface area (Å²) in [6.07, 6.45) is 3.67. The highest BCUT2D eigenvalue weighted by Gasteiger charge is 2.51. The second kappa shape index (κ2) is 20.4. The fourth-order valence-electron chi connectivity index (χ4n) is 8.48. The van der Waals surface area contributed by atoms with Crippen LogP contribution in [0.3, 0.4) is 0 Å². The predicted octanol–water partition coefficient (Wildman–Crippen LogP) is 5.23. The highest BCUT2D eigenvalue weighted by atomic mass is 28.4. The molecule has 3 aromatic carbocycles. The van der Waals surface area contributed by atoms with Crippen LogP contribution < -0.4 is 31.1 Å². The van der Waals surface area contributed by atoms with Crippen molar-refractivity contribution in [2.75, 3.05) is 13.7 Å². The first-order chi connectivity index (χ1) is 28.2. The van der Waals surface area contributed by atoms with Crippen LogP contribution in [0.4, 0.5) is 0 Å². The zero-order chi connectivity index (χ0) is 42.7. The van der Waals surface area contributed by atoms with E-state index in [1.807, 2.05) is 69.3 Å². The average molecular weight is 825 g/mol. The third kappa shape index (κ3) is 10.9. The minimum Gasteiger partial charge on any atom is -0.497 e. The zero-order valence-corrected chi connectivity index (χ0v) is 36.9. The fraction of sp³-hybridized carbons (Fsp3) is 0.511. The van der Waals surface area contributed by atoms with Gasteiger partial charge in [0.1, 0.15) is 36.0 Å². The van der Waals surface area contributed by atoms with Crippen LogP contribution in [0, 0.1) is 5.92 Å². The number of nitrogens with one attached hydrogen (secondary N) is 3. The molecule has 0 radical (unpaired) electrons. The number of unbranched alkanes of at least 4 members (excludes halogenated alkanes) is 2. The number of hydrogen-bond donors (Lipinski definition) is 3. The molecule has 3 N–H and O–H groups in total. The van der Waals surface area contributed by atoms with Crippen molar-refractivity contribution in [3.63, 3.8) is 0 Å². The van der Waals surface area contributed by atoms with Gasteiger partial charge in [-0.05, 0) is 71.6 Å². The van der Waals surface area contributed by atoms with E-state index in [1.54, 1.807) is 24.1 Å². The van der Waals surface area contributed by atoms with Gasteiger partial charge in [0.2, 0.25) is 23.6 Å². The van der Waals surface area contributed by atoms with Crippen LogP contribution in [0.5, 0.6) is 5.75 Å². The molecule has 2 fully saturated rings. The van der Waals surface area contributed by atoms with Crippen LogP contribution in [-0.4, -0.2) is 86.6 Å². The Labute approximate surface area is 351 Å². The summed E-state index contributed by atoms with van der Waals surface area (Å²) in [5.41, 5.74) is 0.794. The lowest BCUT2D eigenvalue weighted by atomic mass is 9.95. The summed E-state index contributed by atoms with van der Waals surface area (Å²) in [6, 6.07) is 24.3. The topological polar surface area (TPSA) is 143 Å². The monoisotopic (exact) mass is 824 g/mol. The summed E-state index contributed by atoms with van der Waals surface area (Å²) in [4.78, 5) is 71.3.